The molecule has 162 valence electrons. The van der Waals surface area contributed by atoms with Crippen LogP contribution in [0.1, 0.15) is 12.5 Å². The first-order valence-electron chi connectivity index (χ1n) is 9.22. The Morgan fingerprint density at radius 3 is 2.30 bits per heavy atom. The molecule has 2 rings (SSSR count). The van der Waals surface area contributed by atoms with E-state index in [2.05, 4.69) is 16.6 Å². The van der Waals surface area contributed by atoms with Gasteiger partial charge in [-0.1, -0.05) is 30.3 Å². The molecule has 30 heavy (non-hydrogen) atoms. The molecule has 0 saturated carbocycles. The van der Waals surface area contributed by atoms with Gasteiger partial charge in [0, 0.05) is 25.2 Å². The Bertz CT molecular complexity index is 974. The molecule has 0 aliphatic carbocycles. The van der Waals surface area contributed by atoms with Crippen LogP contribution in [0.25, 0.3) is 0 Å². The minimum atomic E-state index is -3.63. The molecule has 0 fully saturated rings. The van der Waals surface area contributed by atoms with Crippen LogP contribution in [0.4, 0.5) is 0 Å². The van der Waals surface area contributed by atoms with Crippen LogP contribution in [0.2, 0.25) is 5.02 Å². The number of benzene rings is 2. The maximum atomic E-state index is 12.4. The lowest BCUT2D eigenvalue weighted by molar-refractivity contribution is -0.122. The van der Waals surface area contributed by atoms with Crippen molar-refractivity contribution in [1.29, 1.82) is 0 Å². The number of hydrogen-bond acceptors (Lipinski definition) is 5. The van der Waals surface area contributed by atoms with Crippen molar-refractivity contribution in [3.8, 4) is 5.75 Å². The van der Waals surface area contributed by atoms with E-state index >= 15 is 0 Å². The number of carbonyl (C=O) groups is 1. The first kappa shape index (κ1) is 23.7. The Hall–Kier alpha value is -2.55. The van der Waals surface area contributed by atoms with Gasteiger partial charge in [-0.25, -0.2) is 13.1 Å². The third kappa shape index (κ3) is 7.37. The molecule has 1 amide bonds. The van der Waals surface area contributed by atoms with Gasteiger partial charge in [-0.3, -0.25) is 4.79 Å². The molecule has 7 nitrogen and oxygen atoms in total. The smallest absolute Gasteiger partial charge is 0.263 e. The number of nitrogens with zero attached hydrogens (tertiary/aromatic N) is 1. The molecule has 2 N–H and O–H groups in total. The van der Waals surface area contributed by atoms with Crippen LogP contribution in [-0.4, -0.2) is 46.0 Å². The molecule has 9 heteroatoms. The second-order valence-corrected chi connectivity index (χ2v) is 9.15. The second-order valence-electron chi connectivity index (χ2n) is 7.00. The van der Waals surface area contributed by atoms with E-state index < -0.39 is 10.0 Å². The summed E-state index contributed by atoms with van der Waals surface area (Å²) in [5, 5.41) is 3.10. The number of hydrogen-bond donors (Lipinski definition) is 2. The van der Waals surface area contributed by atoms with Crippen LogP contribution in [0.5, 0.6) is 5.75 Å². The Kier molecular flexibility index (Phi) is 8.28. The predicted octanol–water partition coefficient (Wildman–Crippen LogP) is 2.78. The first-order valence-corrected chi connectivity index (χ1v) is 11.1. The summed E-state index contributed by atoms with van der Waals surface area (Å²) >= 11 is 5.81. The van der Waals surface area contributed by atoms with E-state index in [0.717, 1.165) is 5.56 Å². The highest BCUT2D eigenvalue weighted by Gasteiger charge is 2.17. The van der Waals surface area contributed by atoms with Crippen LogP contribution >= 0.6 is 11.6 Å². The number of carbonyl (C=O) groups excluding carboxylic acids is 1. The van der Waals surface area contributed by atoms with Crippen molar-refractivity contribution in [1.82, 2.24) is 14.9 Å². The van der Waals surface area contributed by atoms with Gasteiger partial charge in [0.1, 0.15) is 11.6 Å². The van der Waals surface area contributed by atoms with Crippen LogP contribution in [0.15, 0.2) is 65.8 Å². The van der Waals surface area contributed by atoms with Crippen molar-refractivity contribution in [2.45, 2.75) is 24.3 Å². The first-order chi connectivity index (χ1) is 14.1. The minimum absolute atomic E-state index is 0.135. The van der Waals surface area contributed by atoms with E-state index in [1.807, 2.05) is 12.1 Å². The largest absolute Gasteiger partial charge is 0.484 e. The summed E-state index contributed by atoms with van der Waals surface area (Å²) in [7, 11) is -0.0741. The molecule has 0 saturated heterocycles. The molecule has 0 radical (unpaired) electrons. The SMILES string of the molecule is C=C(NC(=O)COc1ccc(CC(C)NS(=O)(=O)c2ccc(Cl)cc2)cc1)N(C)C. The van der Waals surface area contributed by atoms with Crippen LogP contribution in [0.3, 0.4) is 0 Å². The monoisotopic (exact) mass is 451 g/mol. The van der Waals surface area contributed by atoms with Crippen molar-refractivity contribution in [3.05, 3.63) is 71.5 Å². The zero-order valence-electron chi connectivity index (χ0n) is 17.2. The van der Waals surface area contributed by atoms with E-state index in [9.17, 15) is 13.2 Å². The van der Waals surface area contributed by atoms with Crippen LogP contribution in [0, 0.1) is 0 Å². The Balaban J connectivity index is 1.87. The molecule has 0 aliphatic heterocycles. The normalized spacial score (nSPS) is 12.1. The van der Waals surface area contributed by atoms with E-state index in [-0.39, 0.29) is 23.5 Å². The van der Waals surface area contributed by atoms with Crippen molar-refractivity contribution in [2.24, 2.45) is 0 Å². The lowest BCUT2D eigenvalue weighted by Gasteiger charge is -2.16. The van der Waals surface area contributed by atoms with Gasteiger partial charge in [0.2, 0.25) is 10.0 Å². The number of amides is 1. The van der Waals surface area contributed by atoms with Gasteiger partial charge in [0.25, 0.3) is 5.91 Å². The topological polar surface area (TPSA) is 87.7 Å². The zero-order chi connectivity index (χ0) is 22.3. The summed E-state index contributed by atoms with van der Waals surface area (Å²) in [6, 6.07) is 12.8. The van der Waals surface area contributed by atoms with Crippen molar-refractivity contribution >= 4 is 27.5 Å². The van der Waals surface area contributed by atoms with E-state index in [1.54, 1.807) is 38.1 Å². The quantitative estimate of drug-likeness (QED) is 0.580. The molecule has 0 aromatic heterocycles. The fourth-order valence-corrected chi connectivity index (χ4v) is 3.89. The predicted molar refractivity (Wildman–Crippen MR) is 118 cm³/mol. The van der Waals surface area contributed by atoms with E-state index in [1.165, 1.54) is 24.3 Å². The maximum Gasteiger partial charge on any atom is 0.263 e. The zero-order valence-corrected chi connectivity index (χ0v) is 18.8. The summed E-state index contributed by atoms with van der Waals surface area (Å²) in [5.41, 5.74) is 0.930. The molecule has 2 aromatic carbocycles. The third-order valence-corrected chi connectivity index (χ3v) is 6.00. The Morgan fingerprint density at radius 1 is 1.13 bits per heavy atom. The number of halogens is 1. The highest BCUT2D eigenvalue weighted by molar-refractivity contribution is 7.89. The fourth-order valence-electron chi connectivity index (χ4n) is 2.52. The summed E-state index contributed by atoms with van der Waals surface area (Å²) in [6.07, 6.45) is 0.496. The highest BCUT2D eigenvalue weighted by atomic mass is 35.5. The summed E-state index contributed by atoms with van der Waals surface area (Å²) in [5.74, 6) is 0.718. The average molecular weight is 452 g/mol. The standard InChI is InChI=1S/C21H26ClN3O4S/c1-15(24-30(27,28)20-11-7-18(22)8-12-20)13-17-5-9-19(10-6-17)29-14-21(26)23-16(2)25(3)4/h5-12,15,24H,2,13-14H2,1,3-4H3,(H,23,26). The van der Waals surface area contributed by atoms with Gasteiger partial charge in [0.15, 0.2) is 6.61 Å². The summed E-state index contributed by atoms with van der Waals surface area (Å²) < 4.78 is 33.0. The van der Waals surface area contributed by atoms with Crippen molar-refractivity contribution in [3.63, 3.8) is 0 Å². The molecular formula is C21H26ClN3O4S. The average Bonchev–Trinajstić information content (AvgIpc) is 2.67. The Morgan fingerprint density at radius 2 is 1.73 bits per heavy atom. The number of rotatable bonds is 10. The number of nitrogens with one attached hydrogen (secondary N) is 2. The summed E-state index contributed by atoms with van der Waals surface area (Å²) in [6.45, 7) is 5.38. The van der Waals surface area contributed by atoms with Gasteiger partial charge >= 0.3 is 0 Å². The van der Waals surface area contributed by atoms with Gasteiger partial charge < -0.3 is 15.0 Å². The highest BCUT2D eigenvalue weighted by Crippen LogP contribution is 2.16. The molecule has 1 unspecified atom stereocenters. The molecular weight excluding hydrogens is 426 g/mol. The Labute approximate surface area is 182 Å². The van der Waals surface area contributed by atoms with Crippen LogP contribution < -0.4 is 14.8 Å². The number of sulfonamides is 1. The van der Waals surface area contributed by atoms with Crippen LogP contribution in [-0.2, 0) is 21.2 Å². The van der Waals surface area contributed by atoms with Crippen molar-refractivity contribution in [2.75, 3.05) is 20.7 Å². The molecule has 2 aromatic rings. The number of ether oxygens (including phenoxy) is 1. The fraction of sp³-hybridized carbons (Fsp3) is 0.286. The molecule has 1 atom stereocenters. The van der Waals surface area contributed by atoms with E-state index in [0.29, 0.717) is 23.0 Å². The van der Waals surface area contributed by atoms with Gasteiger partial charge in [-0.05, 0) is 55.3 Å². The third-order valence-electron chi connectivity index (χ3n) is 4.14. The molecule has 0 aliphatic rings. The maximum absolute atomic E-state index is 12.4. The van der Waals surface area contributed by atoms with Crippen molar-refractivity contribution < 1.29 is 17.9 Å². The molecule has 0 heterocycles. The summed E-state index contributed by atoms with van der Waals surface area (Å²) in [4.78, 5) is 13.7. The van der Waals surface area contributed by atoms with Gasteiger partial charge in [-0.15, -0.1) is 0 Å². The molecule has 0 bridgehead atoms. The molecule has 0 spiro atoms. The van der Waals surface area contributed by atoms with Gasteiger partial charge in [-0.2, -0.15) is 0 Å². The second kappa shape index (κ2) is 10.5. The lowest BCUT2D eigenvalue weighted by Crippen LogP contribution is -2.34. The minimum Gasteiger partial charge on any atom is -0.484 e. The van der Waals surface area contributed by atoms with E-state index in [4.69, 9.17) is 16.3 Å². The van der Waals surface area contributed by atoms with Gasteiger partial charge in [0.05, 0.1) is 4.90 Å². The lowest BCUT2D eigenvalue weighted by atomic mass is 10.1.